The van der Waals surface area contributed by atoms with Gasteiger partial charge in [0.15, 0.2) is 0 Å². The maximum atomic E-state index is 10.7. The molecule has 0 saturated carbocycles. The summed E-state index contributed by atoms with van der Waals surface area (Å²) in [4.78, 5) is 15.0. The normalized spacial score (nSPS) is 10.8. The number of halogens is 1. The molecule has 0 amide bonds. The van der Waals surface area contributed by atoms with Crippen molar-refractivity contribution in [3.05, 3.63) is 58.8 Å². The lowest BCUT2D eigenvalue weighted by molar-refractivity contribution is -0.136. The molecule has 4 nitrogen and oxygen atoms in total. The zero-order valence-electron chi connectivity index (χ0n) is 10.5. The predicted octanol–water partition coefficient (Wildman–Crippen LogP) is 3.42. The minimum absolute atomic E-state index is 0.0396. The second kappa shape index (κ2) is 5.09. The van der Waals surface area contributed by atoms with Gasteiger partial charge in [-0.15, -0.1) is 0 Å². The molecule has 0 fully saturated rings. The Morgan fingerprint density at radius 2 is 1.95 bits per heavy atom. The van der Waals surface area contributed by atoms with Gasteiger partial charge >= 0.3 is 5.97 Å². The molecule has 1 heterocycles. The molecule has 100 valence electrons. The van der Waals surface area contributed by atoms with Crippen molar-refractivity contribution in [1.82, 2.24) is 9.55 Å². The third-order valence-corrected chi connectivity index (χ3v) is 3.57. The van der Waals surface area contributed by atoms with E-state index in [0.717, 1.165) is 26.8 Å². The topological polar surface area (TPSA) is 55.1 Å². The molecule has 3 rings (SSSR count). The van der Waals surface area contributed by atoms with Crippen LogP contribution in [0, 0.1) is 0 Å². The Kier molecular flexibility index (Phi) is 3.28. The summed E-state index contributed by atoms with van der Waals surface area (Å²) in [5.74, 6) is -0.823. The fourth-order valence-electron chi connectivity index (χ4n) is 2.14. The second-order valence-electron chi connectivity index (χ2n) is 4.48. The highest BCUT2D eigenvalue weighted by atomic mass is 79.9. The van der Waals surface area contributed by atoms with Crippen molar-refractivity contribution in [3.8, 4) is 5.69 Å². The van der Waals surface area contributed by atoms with E-state index in [2.05, 4.69) is 20.9 Å². The van der Waals surface area contributed by atoms with Gasteiger partial charge in [-0.25, -0.2) is 4.98 Å². The average Bonchev–Trinajstić information content (AvgIpc) is 2.82. The van der Waals surface area contributed by atoms with Crippen LogP contribution in [0.25, 0.3) is 16.7 Å². The Balaban J connectivity index is 2.00. The SMILES string of the molecule is O=C(O)Cc1ccc(-n2cnc3cc(Br)ccc32)cc1. The summed E-state index contributed by atoms with van der Waals surface area (Å²) in [6.07, 6.45) is 1.81. The number of fused-ring (bicyclic) bond motifs is 1. The van der Waals surface area contributed by atoms with Gasteiger partial charge in [0.25, 0.3) is 0 Å². The molecule has 0 unspecified atom stereocenters. The largest absolute Gasteiger partial charge is 0.481 e. The van der Waals surface area contributed by atoms with Crippen LogP contribution in [-0.4, -0.2) is 20.6 Å². The van der Waals surface area contributed by atoms with Crippen LogP contribution in [0.4, 0.5) is 0 Å². The van der Waals surface area contributed by atoms with E-state index in [1.54, 1.807) is 6.33 Å². The first-order chi connectivity index (χ1) is 9.63. The fourth-order valence-corrected chi connectivity index (χ4v) is 2.49. The van der Waals surface area contributed by atoms with E-state index in [-0.39, 0.29) is 6.42 Å². The van der Waals surface area contributed by atoms with Gasteiger partial charge in [0.2, 0.25) is 0 Å². The Bertz CT molecular complexity index is 778. The molecule has 0 saturated heterocycles. The van der Waals surface area contributed by atoms with E-state index < -0.39 is 5.97 Å². The van der Waals surface area contributed by atoms with Crippen LogP contribution in [0.5, 0.6) is 0 Å². The van der Waals surface area contributed by atoms with Crippen LogP contribution in [0.1, 0.15) is 5.56 Å². The van der Waals surface area contributed by atoms with Gasteiger partial charge in [-0.3, -0.25) is 9.36 Å². The second-order valence-corrected chi connectivity index (χ2v) is 5.40. The minimum atomic E-state index is -0.823. The molecule has 3 aromatic rings. The number of hydrogen-bond donors (Lipinski definition) is 1. The molecule has 2 aromatic carbocycles. The van der Waals surface area contributed by atoms with E-state index in [4.69, 9.17) is 5.11 Å². The van der Waals surface area contributed by atoms with E-state index in [1.165, 1.54) is 0 Å². The number of imidazole rings is 1. The average molecular weight is 331 g/mol. The third-order valence-electron chi connectivity index (χ3n) is 3.08. The van der Waals surface area contributed by atoms with Crippen molar-refractivity contribution in [2.75, 3.05) is 0 Å². The first kappa shape index (κ1) is 12.9. The standard InChI is InChI=1S/C15H11BrN2O2/c16-11-3-6-14-13(8-11)17-9-18(14)12-4-1-10(2-5-12)7-15(19)20/h1-6,8-9H,7H2,(H,19,20). The zero-order valence-corrected chi connectivity index (χ0v) is 12.0. The molecule has 0 aliphatic rings. The molecule has 0 atom stereocenters. The van der Waals surface area contributed by atoms with Crippen LogP contribution in [0.15, 0.2) is 53.3 Å². The number of carboxylic acids is 1. The van der Waals surface area contributed by atoms with Crippen molar-refractivity contribution < 1.29 is 9.90 Å². The molecule has 20 heavy (non-hydrogen) atoms. The summed E-state index contributed by atoms with van der Waals surface area (Å²) in [7, 11) is 0. The highest BCUT2D eigenvalue weighted by molar-refractivity contribution is 9.10. The van der Waals surface area contributed by atoms with Crippen molar-refractivity contribution in [2.45, 2.75) is 6.42 Å². The van der Waals surface area contributed by atoms with Crippen molar-refractivity contribution in [2.24, 2.45) is 0 Å². The van der Waals surface area contributed by atoms with Crippen LogP contribution >= 0.6 is 15.9 Å². The number of aromatic nitrogens is 2. The summed E-state index contributed by atoms with van der Waals surface area (Å²) in [5.41, 5.74) is 3.67. The minimum Gasteiger partial charge on any atom is -0.481 e. The molecule has 0 spiro atoms. The summed E-state index contributed by atoms with van der Waals surface area (Å²) in [6, 6.07) is 13.4. The van der Waals surface area contributed by atoms with Gasteiger partial charge < -0.3 is 5.11 Å². The molecule has 5 heteroatoms. The van der Waals surface area contributed by atoms with Crippen LogP contribution in [0.3, 0.4) is 0 Å². The number of nitrogens with zero attached hydrogens (tertiary/aromatic N) is 2. The quantitative estimate of drug-likeness (QED) is 0.800. The van der Waals surface area contributed by atoms with Gasteiger partial charge in [0, 0.05) is 10.2 Å². The van der Waals surface area contributed by atoms with Gasteiger partial charge in [0.1, 0.15) is 6.33 Å². The highest BCUT2D eigenvalue weighted by Gasteiger charge is 2.06. The third kappa shape index (κ3) is 2.44. The first-order valence-corrected chi connectivity index (χ1v) is 6.86. The molecule has 0 bridgehead atoms. The number of carboxylic acid groups (broad SMARTS) is 1. The number of aliphatic carboxylic acids is 1. The summed E-state index contributed by atoms with van der Waals surface area (Å²) < 4.78 is 2.97. The lowest BCUT2D eigenvalue weighted by Gasteiger charge is -2.05. The van der Waals surface area contributed by atoms with E-state index in [0.29, 0.717) is 0 Å². The molecule has 0 aliphatic heterocycles. The molecular weight excluding hydrogens is 320 g/mol. The van der Waals surface area contributed by atoms with Crippen LogP contribution in [-0.2, 0) is 11.2 Å². The number of hydrogen-bond acceptors (Lipinski definition) is 2. The zero-order chi connectivity index (χ0) is 14.1. The van der Waals surface area contributed by atoms with E-state index in [1.807, 2.05) is 47.0 Å². The molecule has 1 N–H and O–H groups in total. The summed E-state index contributed by atoms with van der Waals surface area (Å²) >= 11 is 3.43. The number of rotatable bonds is 3. The molecular formula is C15H11BrN2O2. The van der Waals surface area contributed by atoms with E-state index >= 15 is 0 Å². The lowest BCUT2D eigenvalue weighted by Crippen LogP contribution is -2.00. The van der Waals surface area contributed by atoms with Gasteiger partial charge in [-0.1, -0.05) is 28.1 Å². The van der Waals surface area contributed by atoms with Gasteiger partial charge in [-0.05, 0) is 35.9 Å². The monoisotopic (exact) mass is 330 g/mol. The maximum absolute atomic E-state index is 10.7. The fraction of sp³-hybridized carbons (Fsp3) is 0.0667. The van der Waals surface area contributed by atoms with Crippen LogP contribution < -0.4 is 0 Å². The predicted molar refractivity (Wildman–Crippen MR) is 80.1 cm³/mol. The van der Waals surface area contributed by atoms with E-state index in [9.17, 15) is 4.79 Å². The maximum Gasteiger partial charge on any atom is 0.307 e. The van der Waals surface area contributed by atoms with Crippen LogP contribution in [0.2, 0.25) is 0 Å². The Hall–Kier alpha value is -2.14. The number of carbonyl (C=O) groups is 1. The van der Waals surface area contributed by atoms with Gasteiger partial charge in [0.05, 0.1) is 17.5 Å². The molecule has 1 aromatic heterocycles. The van der Waals surface area contributed by atoms with Crippen molar-refractivity contribution in [3.63, 3.8) is 0 Å². The number of benzene rings is 2. The summed E-state index contributed by atoms with van der Waals surface area (Å²) in [5, 5.41) is 8.77. The summed E-state index contributed by atoms with van der Waals surface area (Å²) in [6.45, 7) is 0. The Labute approximate surface area is 123 Å². The molecule has 0 radical (unpaired) electrons. The Morgan fingerprint density at radius 1 is 1.20 bits per heavy atom. The molecule has 0 aliphatic carbocycles. The van der Waals surface area contributed by atoms with Crippen molar-refractivity contribution in [1.29, 1.82) is 0 Å². The smallest absolute Gasteiger partial charge is 0.307 e. The lowest BCUT2D eigenvalue weighted by atomic mass is 10.1. The van der Waals surface area contributed by atoms with Gasteiger partial charge in [-0.2, -0.15) is 0 Å². The highest BCUT2D eigenvalue weighted by Crippen LogP contribution is 2.22. The first-order valence-electron chi connectivity index (χ1n) is 6.07. The Morgan fingerprint density at radius 3 is 2.65 bits per heavy atom. The van der Waals surface area contributed by atoms with Crippen molar-refractivity contribution >= 4 is 32.9 Å².